The van der Waals surface area contributed by atoms with Crippen LogP contribution in [0.1, 0.15) is 30.0 Å². The zero-order valence-corrected chi connectivity index (χ0v) is 13.9. The molecule has 0 aliphatic rings. The van der Waals surface area contributed by atoms with Crippen molar-refractivity contribution in [3.05, 3.63) is 71.3 Å². The van der Waals surface area contributed by atoms with Gasteiger partial charge in [0.05, 0.1) is 7.11 Å². The van der Waals surface area contributed by atoms with E-state index >= 15 is 0 Å². The van der Waals surface area contributed by atoms with Crippen molar-refractivity contribution < 1.29 is 9.53 Å². The second-order valence-corrected chi connectivity index (χ2v) is 5.46. The van der Waals surface area contributed by atoms with Gasteiger partial charge in [-0.15, -0.1) is 0 Å². The molecule has 0 spiro atoms. The summed E-state index contributed by atoms with van der Waals surface area (Å²) in [6.07, 6.45) is 2.50. The predicted molar refractivity (Wildman–Crippen MR) is 94.3 cm³/mol. The Balaban J connectivity index is 2.02. The summed E-state index contributed by atoms with van der Waals surface area (Å²) < 4.78 is 5.19. The van der Waals surface area contributed by atoms with Crippen LogP contribution in [0.3, 0.4) is 0 Å². The van der Waals surface area contributed by atoms with Gasteiger partial charge in [-0.25, -0.2) is 0 Å². The van der Waals surface area contributed by atoms with Crippen molar-refractivity contribution in [2.75, 3.05) is 7.11 Å². The SMILES string of the molecule is CCC(=CC(=O)NCc1cccc(OC)c1)c1ccc(C)cc1. The van der Waals surface area contributed by atoms with Gasteiger partial charge in [0.15, 0.2) is 0 Å². The number of aryl methyl sites for hydroxylation is 1. The van der Waals surface area contributed by atoms with Gasteiger partial charge in [-0.05, 0) is 42.2 Å². The number of benzene rings is 2. The zero-order valence-electron chi connectivity index (χ0n) is 13.9. The van der Waals surface area contributed by atoms with Crippen LogP contribution in [0, 0.1) is 6.92 Å². The maximum atomic E-state index is 12.2. The third-order valence-electron chi connectivity index (χ3n) is 3.71. The van der Waals surface area contributed by atoms with Gasteiger partial charge >= 0.3 is 0 Å². The second-order valence-electron chi connectivity index (χ2n) is 5.46. The van der Waals surface area contributed by atoms with Gasteiger partial charge in [0.25, 0.3) is 0 Å². The molecule has 1 amide bonds. The Kier molecular flexibility index (Phi) is 5.98. The zero-order chi connectivity index (χ0) is 16.7. The Hall–Kier alpha value is -2.55. The normalized spacial score (nSPS) is 11.2. The molecule has 0 aliphatic heterocycles. The first-order chi connectivity index (χ1) is 11.1. The second kappa shape index (κ2) is 8.18. The van der Waals surface area contributed by atoms with Crippen LogP contribution in [0.25, 0.3) is 5.57 Å². The van der Waals surface area contributed by atoms with E-state index in [0.29, 0.717) is 6.54 Å². The number of amides is 1. The van der Waals surface area contributed by atoms with Crippen LogP contribution < -0.4 is 10.1 Å². The van der Waals surface area contributed by atoms with Crippen molar-refractivity contribution in [3.8, 4) is 5.75 Å². The van der Waals surface area contributed by atoms with E-state index in [4.69, 9.17) is 4.74 Å². The van der Waals surface area contributed by atoms with Crippen LogP contribution in [0.2, 0.25) is 0 Å². The third-order valence-corrected chi connectivity index (χ3v) is 3.71. The summed E-state index contributed by atoms with van der Waals surface area (Å²) in [4.78, 5) is 12.2. The number of hydrogen-bond donors (Lipinski definition) is 1. The van der Waals surface area contributed by atoms with Gasteiger partial charge < -0.3 is 10.1 Å². The highest BCUT2D eigenvalue weighted by atomic mass is 16.5. The lowest BCUT2D eigenvalue weighted by atomic mass is 10.0. The van der Waals surface area contributed by atoms with Crippen molar-refractivity contribution in [2.45, 2.75) is 26.8 Å². The van der Waals surface area contributed by atoms with Gasteiger partial charge in [-0.1, -0.05) is 48.9 Å². The number of hydrogen-bond acceptors (Lipinski definition) is 2. The number of nitrogens with one attached hydrogen (secondary N) is 1. The molecular formula is C20H23NO2. The van der Waals surface area contributed by atoms with E-state index < -0.39 is 0 Å². The standard InChI is InChI=1S/C20H23NO2/c1-4-17(18-10-8-15(2)9-11-18)13-20(22)21-14-16-6-5-7-19(12-16)23-3/h5-13H,4,14H2,1-3H3,(H,21,22). The number of rotatable bonds is 6. The van der Waals surface area contributed by atoms with E-state index in [0.717, 1.165) is 28.9 Å². The fourth-order valence-corrected chi connectivity index (χ4v) is 2.34. The molecule has 0 unspecified atom stereocenters. The number of ether oxygens (including phenoxy) is 1. The number of carbonyl (C=O) groups excluding carboxylic acids is 1. The van der Waals surface area contributed by atoms with Gasteiger partial charge in [0.2, 0.25) is 5.91 Å². The Labute approximate surface area is 138 Å². The quantitative estimate of drug-likeness (QED) is 0.815. The van der Waals surface area contributed by atoms with Crippen molar-refractivity contribution in [3.63, 3.8) is 0 Å². The van der Waals surface area contributed by atoms with E-state index in [1.54, 1.807) is 13.2 Å². The smallest absolute Gasteiger partial charge is 0.244 e. The van der Waals surface area contributed by atoms with Crippen LogP contribution in [0.4, 0.5) is 0 Å². The lowest BCUT2D eigenvalue weighted by Crippen LogP contribution is -2.20. The van der Waals surface area contributed by atoms with Crippen LogP contribution in [0.5, 0.6) is 5.75 Å². The molecule has 0 saturated carbocycles. The Morgan fingerprint density at radius 3 is 2.57 bits per heavy atom. The molecule has 0 fully saturated rings. The highest BCUT2D eigenvalue weighted by Crippen LogP contribution is 2.18. The Bertz CT molecular complexity index is 687. The number of methoxy groups -OCH3 is 1. The topological polar surface area (TPSA) is 38.3 Å². The third kappa shape index (κ3) is 4.99. The number of allylic oxidation sites excluding steroid dienone is 1. The maximum absolute atomic E-state index is 12.2. The summed E-state index contributed by atoms with van der Waals surface area (Å²) in [7, 11) is 1.63. The largest absolute Gasteiger partial charge is 0.497 e. The highest BCUT2D eigenvalue weighted by molar-refractivity contribution is 5.95. The molecular weight excluding hydrogens is 286 g/mol. The first-order valence-electron chi connectivity index (χ1n) is 7.80. The number of carbonyl (C=O) groups is 1. The monoisotopic (exact) mass is 309 g/mol. The molecule has 3 heteroatoms. The van der Waals surface area contributed by atoms with Crippen molar-refractivity contribution in [1.82, 2.24) is 5.32 Å². The van der Waals surface area contributed by atoms with Gasteiger partial charge in [-0.2, -0.15) is 0 Å². The van der Waals surface area contributed by atoms with Crippen molar-refractivity contribution in [2.24, 2.45) is 0 Å². The molecule has 2 rings (SSSR count). The molecule has 0 aromatic heterocycles. The maximum Gasteiger partial charge on any atom is 0.244 e. The van der Waals surface area contributed by atoms with Crippen LogP contribution in [-0.4, -0.2) is 13.0 Å². The summed E-state index contributed by atoms with van der Waals surface area (Å²) in [5.41, 5.74) is 4.36. The first-order valence-corrected chi connectivity index (χ1v) is 7.80. The minimum Gasteiger partial charge on any atom is -0.497 e. The highest BCUT2D eigenvalue weighted by Gasteiger charge is 2.04. The molecule has 0 bridgehead atoms. The molecule has 0 heterocycles. The summed E-state index contributed by atoms with van der Waals surface area (Å²) in [6.45, 7) is 4.60. The molecule has 0 atom stereocenters. The summed E-state index contributed by atoms with van der Waals surface area (Å²) in [6, 6.07) is 15.9. The van der Waals surface area contributed by atoms with Gasteiger partial charge in [0.1, 0.15) is 5.75 Å². The molecule has 23 heavy (non-hydrogen) atoms. The minimum atomic E-state index is -0.0785. The fourth-order valence-electron chi connectivity index (χ4n) is 2.34. The molecule has 2 aromatic carbocycles. The molecule has 1 N–H and O–H groups in total. The first kappa shape index (κ1) is 16.8. The molecule has 0 aliphatic carbocycles. The lowest BCUT2D eigenvalue weighted by molar-refractivity contribution is -0.116. The summed E-state index contributed by atoms with van der Waals surface area (Å²) in [5, 5.41) is 2.93. The fraction of sp³-hybridized carbons (Fsp3) is 0.250. The van der Waals surface area contributed by atoms with Crippen LogP contribution in [-0.2, 0) is 11.3 Å². The van der Waals surface area contributed by atoms with E-state index in [1.165, 1.54) is 5.56 Å². The predicted octanol–water partition coefficient (Wildman–Crippen LogP) is 4.11. The average molecular weight is 309 g/mol. The minimum absolute atomic E-state index is 0.0785. The Morgan fingerprint density at radius 2 is 1.91 bits per heavy atom. The lowest BCUT2D eigenvalue weighted by Gasteiger charge is -2.08. The summed E-state index contributed by atoms with van der Waals surface area (Å²) >= 11 is 0. The van der Waals surface area contributed by atoms with Gasteiger partial charge in [0, 0.05) is 12.6 Å². The van der Waals surface area contributed by atoms with E-state index in [2.05, 4.69) is 43.4 Å². The van der Waals surface area contributed by atoms with Crippen molar-refractivity contribution >= 4 is 11.5 Å². The van der Waals surface area contributed by atoms with Crippen LogP contribution >= 0.6 is 0 Å². The van der Waals surface area contributed by atoms with E-state index in [9.17, 15) is 4.79 Å². The van der Waals surface area contributed by atoms with E-state index in [1.807, 2.05) is 24.3 Å². The van der Waals surface area contributed by atoms with Gasteiger partial charge in [-0.3, -0.25) is 4.79 Å². The summed E-state index contributed by atoms with van der Waals surface area (Å²) in [5.74, 6) is 0.714. The van der Waals surface area contributed by atoms with Crippen molar-refractivity contribution in [1.29, 1.82) is 0 Å². The Morgan fingerprint density at radius 1 is 1.17 bits per heavy atom. The molecule has 0 radical (unpaired) electrons. The molecule has 0 saturated heterocycles. The molecule has 2 aromatic rings. The van der Waals surface area contributed by atoms with Crippen LogP contribution in [0.15, 0.2) is 54.6 Å². The molecule has 120 valence electrons. The molecule has 3 nitrogen and oxygen atoms in total. The van der Waals surface area contributed by atoms with E-state index in [-0.39, 0.29) is 5.91 Å². The average Bonchev–Trinajstić information content (AvgIpc) is 2.59.